The Balaban J connectivity index is 3.13. The van der Waals surface area contributed by atoms with Gasteiger partial charge in [-0.05, 0) is 25.0 Å². The molecule has 1 aromatic rings. The van der Waals surface area contributed by atoms with Gasteiger partial charge in [0.2, 0.25) is 0 Å². The summed E-state index contributed by atoms with van der Waals surface area (Å²) in [6.07, 6.45) is 0.928. The lowest BCUT2D eigenvalue weighted by molar-refractivity contribution is 0.395. The Hall–Kier alpha value is -1.58. The minimum atomic E-state index is -3.60. The van der Waals surface area contributed by atoms with E-state index in [1.807, 2.05) is 6.07 Å². The fraction of sp³-hybridized carbons (Fsp3) is 0.300. The van der Waals surface area contributed by atoms with Gasteiger partial charge in [-0.15, -0.1) is 0 Å². The average Bonchev–Trinajstić information content (AvgIpc) is 2.17. The van der Waals surface area contributed by atoms with Crippen LogP contribution >= 0.6 is 0 Å². The number of aryl methyl sites for hydroxylation is 2. The molecule has 6 heteroatoms. The zero-order valence-electron chi connectivity index (χ0n) is 9.23. The molecule has 0 saturated carbocycles. The topological polar surface area (TPSA) is 79.2 Å². The summed E-state index contributed by atoms with van der Waals surface area (Å²) in [5.74, 6) is 0. The summed E-state index contributed by atoms with van der Waals surface area (Å²) in [7, 11) is -3.60. The monoisotopic (exact) mass is 240 g/mol. The van der Waals surface area contributed by atoms with Crippen molar-refractivity contribution < 1.29 is 12.7 Å². The van der Waals surface area contributed by atoms with E-state index in [0.29, 0.717) is 11.3 Å². The molecule has 16 heavy (non-hydrogen) atoms. The van der Waals surface area contributed by atoms with Gasteiger partial charge >= 0.3 is 0 Å². The molecular weight excluding hydrogens is 228 g/mol. The van der Waals surface area contributed by atoms with Crippen molar-refractivity contribution in [3.63, 3.8) is 0 Å². The fourth-order valence-corrected chi connectivity index (χ4v) is 1.44. The van der Waals surface area contributed by atoms with Crippen LogP contribution in [0.25, 0.3) is 0 Å². The molecule has 1 aromatic carbocycles. The summed E-state index contributed by atoms with van der Waals surface area (Å²) < 4.78 is 26.1. The summed E-state index contributed by atoms with van der Waals surface area (Å²) in [4.78, 5) is 0. The maximum atomic E-state index is 10.8. The van der Waals surface area contributed by atoms with Gasteiger partial charge in [-0.25, -0.2) is 5.48 Å². The van der Waals surface area contributed by atoms with Gasteiger partial charge in [-0.1, -0.05) is 12.1 Å². The van der Waals surface area contributed by atoms with Crippen LogP contribution < -0.4 is 5.48 Å². The molecule has 0 fully saturated rings. The summed E-state index contributed by atoms with van der Waals surface area (Å²) in [5, 5.41) is 8.96. The number of hydrogen-bond acceptors (Lipinski definition) is 5. The molecule has 1 rings (SSSR count). The van der Waals surface area contributed by atoms with Crippen LogP contribution in [0.4, 0.5) is 5.69 Å². The number of benzene rings is 1. The van der Waals surface area contributed by atoms with E-state index < -0.39 is 10.1 Å². The largest absolute Gasteiger partial charge is 0.284 e. The second-order valence-corrected chi connectivity index (χ2v) is 5.03. The molecule has 0 bridgehead atoms. The lowest BCUT2D eigenvalue weighted by Crippen LogP contribution is -2.11. The number of nitrogens with zero attached hydrogens (tertiary/aromatic N) is 1. The smallest absolute Gasteiger partial charge is 0.248 e. The van der Waals surface area contributed by atoms with Crippen molar-refractivity contribution in [2.24, 2.45) is 0 Å². The molecule has 0 aliphatic rings. The molecule has 5 nitrogen and oxygen atoms in total. The third-order valence-corrected chi connectivity index (χ3v) is 2.41. The first kappa shape index (κ1) is 12.5. The van der Waals surface area contributed by atoms with Crippen LogP contribution in [-0.4, -0.2) is 14.7 Å². The van der Waals surface area contributed by atoms with Gasteiger partial charge in [0, 0.05) is 0 Å². The van der Waals surface area contributed by atoms with E-state index in [1.165, 1.54) is 0 Å². The molecular formula is C10H12N2O3S. The first-order chi connectivity index (χ1) is 7.35. The van der Waals surface area contributed by atoms with Crippen molar-refractivity contribution in [3.05, 3.63) is 28.8 Å². The van der Waals surface area contributed by atoms with Gasteiger partial charge in [-0.2, -0.15) is 18.0 Å². The quantitative estimate of drug-likeness (QED) is 0.809. The van der Waals surface area contributed by atoms with Crippen molar-refractivity contribution in [3.8, 4) is 6.07 Å². The van der Waals surface area contributed by atoms with Crippen molar-refractivity contribution >= 4 is 15.8 Å². The van der Waals surface area contributed by atoms with Crippen molar-refractivity contribution in [2.75, 3.05) is 11.7 Å². The molecule has 0 spiro atoms. The molecule has 0 aliphatic heterocycles. The SMILES string of the molecule is Cc1ccc(C)c(NOS(C)(=O)=O)c1C#N. The van der Waals surface area contributed by atoms with Crippen LogP contribution in [0.3, 0.4) is 0 Å². The number of anilines is 1. The Morgan fingerprint density at radius 2 is 1.88 bits per heavy atom. The Morgan fingerprint density at radius 3 is 2.38 bits per heavy atom. The van der Waals surface area contributed by atoms with Crippen LogP contribution in [0, 0.1) is 25.2 Å². The highest BCUT2D eigenvalue weighted by Gasteiger charge is 2.11. The molecule has 0 aromatic heterocycles. The Labute approximate surface area is 94.7 Å². The third-order valence-electron chi connectivity index (χ3n) is 2.03. The number of nitrogens with one attached hydrogen (secondary N) is 1. The molecule has 0 atom stereocenters. The predicted molar refractivity (Wildman–Crippen MR) is 60.2 cm³/mol. The van der Waals surface area contributed by atoms with Crippen molar-refractivity contribution in [1.29, 1.82) is 5.26 Å². The first-order valence-electron chi connectivity index (χ1n) is 4.50. The zero-order chi connectivity index (χ0) is 12.3. The maximum Gasteiger partial charge on any atom is 0.284 e. The first-order valence-corrected chi connectivity index (χ1v) is 6.31. The van der Waals surface area contributed by atoms with Gasteiger partial charge in [0.1, 0.15) is 6.07 Å². The van der Waals surface area contributed by atoms with Crippen LogP contribution in [0.5, 0.6) is 0 Å². The Bertz CT molecular complexity index is 544. The molecule has 0 amide bonds. The number of rotatable bonds is 3. The lowest BCUT2D eigenvalue weighted by Gasteiger charge is -2.11. The standard InChI is InChI=1S/C10H12N2O3S/c1-7-4-5-8(2)10(9(7)6-11)12-15-16(3,13)14/h4-5,12H,1-3H3. The third kappa shape index (κ3) is 2.95. The Kier molecular flexibility index (Phi) is 3.52. The van der Waals surface area contributed by atoms with E-state index in [9.17, 15) is 8.42 Å². The van der Waals surface area contributed by atoms with E-state index in [4.69, 9.17) is 5.26 Å². The average molecular weight is 240 g/mol. The second kappa shape index (κ2) is 4.51. The molecule has 0 saturated heterocycles. The lowest BCUT2D eigenvalue weighted by atomic mass is 10.0. The molecule has 0 heterocycles. The van der Waals surface area contributed by atoms with Crippen LogP contribution in [-0.2, 0) is 14.4 Å². The number of nitriles is 1. The van der Waals surface area contributed by atoms with E-state index in [2.05, 4.69) is 9.76 Å². The van der Waals surface area contributed by atoms with Crippen LogP contribution in [0.2, 0.25) is 0 Å². The molecule has 86 valence electrons. The highest BCUT2D eigenvalue weighted by Crippen LogP contribution is 2.23. The Morgan fingerprint density at radius 1 is 1.31 bits per heavy atom. The van der Waals surface area contributed by atoms with Crippen LogP contribution in [0.15, 0.2) is 12.1 Å². The summed E-state index contributed by atoms with van der Waals surface area (Å²) in [6.45, 7) is 3.53. The molecule has 1 N–H and O–H groups in total. The van der Waals surface area contributed by atoms with E-state index >= 15 is 0 Å². The molecule has 0 radical (unpaired) electrons. The van der Waals surface area contributed by atoms with Gasteiger partial charge in [0.15, 0.2) is 0 Å². The summed E-state index contributed by atoms with van der Waals surface area (Å²) >= 11 is 0. The minimum absolute atomic E-state index is 0.378. The van der Waals surface area contributed by atoms with Gasteiger partial charge in [-0.3, -0.25) is 0 Å². The molecule has 0 aliphatic carbocycles. The van der Waals surface area contributed by atoms with E-state index in [-0.39, 0.29) is 0 Å². The minimum Gasteiger partial charge on any atom is -0.248 e. The normalized spacial score (nSPS) is 10.9. The van der Waals surface area contributed by atoms with Crippen molar-refractivity contribution in [2.45, 2.75) is 13.8 Å². The highest BCUT2D eigenvalue weighted by atomic mass is 32.2. The molecule has 0 unspecified atom stereocenters. The maximum absolute atomic E-state index is 10.8. The second-order valence-electron chi connectivity index (χ2n) is 3.45. The van der Waals surface area contributed by atoms with Crippen molar-refractivity contribution in [1.82, 2.24) is 0 Å². The highest BCUT2D eigenvalue weighted by molar-refractivity contribution is 7.86. The summed E-state index contributed by atoms with van der Waals surface area (Å²) in [6, 6.07) is 5.58. The van der Waals surface area contributed by atoms with Gasteiger partial charge < -0.3 is 0 Å². The zero-order valence-corrected chi connectivity index (χ0v) is 10.1. The van der Waals surface area contributed by atoms with Gasteiger partial charge in [0.25, 0.3) is 10.1 Å². The van der Waals surface area contributed by atoms with E-state index in [1.54, 1.807) is 26.0 Å². The van der Waals surface area contributed by atoms with E-state index in [0.717, 1.165) is 17.4 Å². The van der Waals surface area contributed by atoms with Crippen LogP contribution in [0.1, 0.15) is 16.7 Å². The fourth-order valence-electron chi connectivity index (χ4n) is 1.20. The summed E-state index contributed by atoms with van der Waals surface area (Å²) in [5.41, 5.74) is 4.56. The van der Waals surface area contributed by atoms with Gasteiger partial charge in [0.05, 0.1) is 17.5 Å². The predicted octanol–water partition coefficient (Wildman–Crippen LogP) is 1.48. The number of hydrogen-bond donors (Lipinski definition) is 1.